The quantitative estimate of drug-likeness (QED) is 0.517. The molecule has 1 aliphatic rings. The fourth-order valence-electron chi connectivity index (χ4n) is 1.55. The first kappa shape index (κ1) is 7.35. The van der Waals surface area contributed by atoms with E-state index in [2.05, 4.69) is 0 Å². The Kier molecular flexibility index (Phi) is 1.76. The van der Waals surface area contributed by atoms with E-state index >= 15 is 0 Å². The van der Waals surface area contributed by atoms with E-state index in [0.717, 1.165) is 0 Å². The molecule has 11 heavy (non-hydrogen) atoms. The molecule has 2 radical (unpaired) electrons. The lowest BCUT2D eigenvalue weighted by atomic mass is 9.90. The summed E-state index contributed by atoms with van der Waals surface area (Å²) in [5.74, 6) is 0.218. The van der Waals surface area contributed by atoms with Crippen molar-refractivity contribution in [3.05, 3.63) is 0 Å². The number of hydrogen-bond donors (Lipinski definition) is 0. The molecule has 3 heteroatoms. The number of Topliss-reactive ketones (excluding diaryl/α,β-unsaturated/α-hetero) is 1. The molecule has 0 spiro atoms. The highest BCUT2D eigenvalue weighted by Crippen LogP contribution is 2.31. The molecule has 0 N–H and O–H groups in total. The first-order valence-corrected chi connectivity index (χ1v) is 3.87. The summed E-state index contributed by atoms with van der Waals surface area (Å²) in [4.78, 5) is 12.6. The summed E-state index contributed by atoms with van der Waals surface area (Å²) in [7, 11) is 5.67. The predicted molar refractivity (Wildman–Crippen MR) is 45.3 cm³/mol. The van der Waals surface area contributed by atoms with Crippen molar-refractivity contribution in [1.82, 2.24) is 4.81 Å². The van der Waals surface area contributed by atoms with E-state index in [1.54, 1.807) is 6.92 Å². The van der Waals surface area contributed by atoms with Crippen LogP contribution in [0.2, 0.25) is 0 Å². The van der Waals surface area contributed by atoms with Crippen molar-refractivity contribution in [1.29, 1.82) is 0 Å². The van der Waals surface area contributed by atoms with Crippen LogP contribution in [-0.4, -0.2) is 30.6 Å². The smallest absolute Gasteiger partial charge is 0.183 e. The maximum Gasteiger partial charge on any atom is 0.183 e. The highest BCUT2D eigenvalue weighted by Gasteiger charge is 2.40. The third-order valence-corrected chi connectivity index (χ3v) is 2.46. The molecule has 0 bridgehead atoms. The molecule has 1 aliphatic heterocycles. The van der Waals surface area contributed by atoms with Crippen LogP contribution in [0.3, 0.4) is 0 Å². The van der Waals surface area contributed by atoms with Gasteiger partial charge in [-0.05, 0) is 32.7 Å². The van der Waals surface area contributed by atoms with Gasteiger partial charge in [0.25, 0.3) is 0 Å². The second-order valence-electron chi connectivity index (χ2n) is 3.57. The molecule has 0 aromatic carbocycles. The second kappa shape index (κ2) is 2.63. The number of carbonyl (C=O) groups is 1. The highest BCUT2D eigenvalue weighted by molar-refractivity contribution is 6.08. The Hall–Kier alpha value is -0.305. The maximum absolute atomic E-state index is 11.3. The SMILES string of the molecule is [2H]C1C(C)CC(C)(C(C)=O)N1[B]. The Morgan fingerprint density at radius 2 is 2.45 bits per heavy atom. The van der Waals surface area contributed by atoms with Gasteiger partial charge in [0.15, 0.2) is 7.98 Å². The first-order valence-electron chi connectivity index (χ1n) is 4.44. The highest BCUT2D eigenvalue weighted by atomic mass is 16.1. The number of nitrogens with zero attached hydrogens (tertiary/aromatic N) is 1. The molecule has 0 aromatic rings. The Bertz CT molecular complexity index is 211. The summed E-state index contributed by atoms with van der Waals surface area (Å²) >= 11 is 0. The summed E-state index contributed by atoms with van der Waals surface area (Å²) in [6.07, 6.45) is 0.688. The molecule has 1 rings (SSSR count). The average Bonchev–Trinajstić information content (AvgIpc) is 2.17. The van der Waals surface area contributed by atoms with Crippen molar-refractivity contribution in [2.45, 2.75) is 32.7 Å². The largest absolute Gasteiger partial charge is 0.342 e. The van der Waals surface area contributed by atoms with E-state index in [1.165, 1.54) is 11.7 Å². The summed E-state index contributed by atoms with van der Waals surface area (Å²) in [5.41, 5.74) is -0.619. The molecule has 1 saturated heterocycles. The lowest BCUT2D eigenvalue weighted by molar-refractivity contribution is -0.124. The van der Waals surface area contributed by atoms with Gasteiger partial charge in [-0.25, -0.2) is 0 Å². The lowest BCUT2D eigenvalue weighted by Crippen LogP contribution is -2.45. The summed E-state index contributed by atoms with van der Waals surface area (Å²) in [6, 6.07) is 0. The molecule has 1 fully saturated rings. The minimum absolute atomic E-state index is 0.0478. The van der Waals surface area contributed by atoms with Crippen LogP contribution >= 0.6 is 0 Å². The van der Waals surface area contributed by atoms with E-state index in [4.69, 9.17) is 9.35 Å². The van der Waals surface area contributed by atoms with Crippen LogP contribution < -0.4 is 0 Å². The Morgan fingerprint density at radius 1 is 1.91 bits per heavy atom. The third-order valence-electron chi connectivity index (χ3n) is 2.46. The predicted octanol–water partition coefficient (Wildman–Crippen LogP) is 0.759. The average molecular weight is 152 g/mol. The van der Waals surface area contributed by atoms with Crippen LogP contribution in [-0.2, 0) is 4.79 Å². The van der Waals surface area contributed by atoms with E-state index in [9.17, 15) is 4.79 Å². The van der Waals surface area contributed by atoms with E-state index < -0.39 is 12.1 Å². The number of hydrogen-bond acceptors (Lipinski definition) is 2. The van der Waals surface area contributed by atoms with Crippen LogP contribution in [0.5, 0.6) is 0 Å². The van der Waals surface area contributed by atoms with Gasteiger partial charge in [0.2, 0.25) is 0 Å². The van der Waals surface area contributed by atoms with Crippen LogP contribution in [0.4, 0.5) is 0 Å². The summed E-state index contributed by atoms with van der Waals surface area (Å²) in [5, 5.41) is 0. The topological polar surface area (TPSA) is 20.3 Å². The molecule has 2 nitrogen and oxygen atoms in total. The van der Waals surface area contributed by atoms with Crippen molar-refractivity contribution in [2.24, 2.45) is 5.92 Å². The summed E-state index contributed by atoms with van der Waals surface area (Å²) in [6.45, 7) is 4.84. The standard InChI is InChI=1S/C8H14BNO/c1-6-4-8(3,7(2)11)10(9)5-6/h6H,4-5H2,1-3H3/i5D. The molecule has 0 saturated carbocycles. The van der Waals surface area contributed by atoms with Gasteiger partial charge in [-0.15, -0.1) is 0 Å². The molecular weight excluding hydrogens is 137 g/mol. The minimum Gasteiger partial charge on any atom is -0.342 e. The van der Waals surface area contributed by atoms with Crippen LogP contribution in [0.25, 0.3) is 0 Å². The van der Waals surface area contributed by atoms with Gasteiger partial charge in [0.1, 0.15) is 5.78 Å². The van der Waals surface area contributed by atoms with Gasteiger partial charge in [0.05, 0.1) is 5.54 Å². The number of rotatable bonds is 1. The molecule has 3 atom stereocenters. The van der Waals surface area contributed by atoms with Gasteiger partial charge in [-0.2, -0.15) is 0 Å². The third kappa shape index (κ3) is 1.34. The van der Waals surface area contributed by atoms with Crippen molar-refractivity contribution >= 4 is 13.8 Å². The summed E-state index contributed by atoms with van der Waals surface area (Å²) < 4.78 is 7.64. The van der Waals surface area contributed by atoms with Gasteiger partial charge in [-0.1, -0.05) is 6.92 Å². The molecule has 0 amide bonds. The lowest BCUT2D eigenvalue weighted by Gasteiger charge is -2.29. The number of carbonyl (C=O) groups excluding carboxylic acids is 1. The fourth-order valence-corrected chi connectivity index (χ4v) is 1.55. The van der Waals surface area contributed by atoms with Crippen molar-refractivity contribution in [3.8, 4) is 0 Å². The van der Waals surface area contributed by atoms with Gasteiger partial charge >= 0.3 is 0 Å². The zero-order valence-electron chi connectivity index (χ0n) is 8.29. The molecule has 0 aromatic heterocycles. The zero-order chi connectivity index (χ0) is 9.52. The normalized spacial score (nSPS) is 47.4. The molecule has 3 unspecified atom stereocenters. The van der Waals surface area contributed by atoms with Crippen molar-refractivity contribution in [2.75, 3.05) is 6.52 Å². The molecule has 1 heterocycles. The first-order chi connectivity index (χ1) is 5.39. The maximum atomic E-state index is 11.3. The van der Waals surface area contributed by atoms with E-state index in [0.29, 0.717) is 6.42 Å². The van der Waals surface area contributed by atoms with Crippen molar-refractivity contribution in [3.63, 3.8) is 0 Å². The van der Waals surface area contributed by atoms with Crippen LogP contribution in [0, 0.1) is 5.92 Å². The number of ketones is 1. The van der Waals surface area contributed by atoms with Gasteiger partial charge < -0.3 is 4.81 Å². The fraction of sp³-hybridized carbons (Fsp3) is 0.875. The molecule has 0 aliphatic carbocycles. The van der Waals surface area contributed by atoms with Crippen LogP contribution in [0.15, 0.2) is 0 Å². The monoisotopic (exact) mass is 152 g/mol. The Labute approximate surface area is 70.8 Å². The zero-order valence-corrected chi connectivity index (χ0v) is 7.29. The van der Waals surface area contributed by atoms with E-state index in [-0.39, 0.29) is 11.7 Å². The van der Waals surface area contributed by atoms with Crippen LogP contribution in [0.1, 0.15) is 28.6 Å². The van der Waals surface area contributed by atoms with E-state index in [1.807, 2.05) is 6.92 Å². The molecular formula is C8H14BNO. The van der Waals surface area contributed by atoms with Gasteiger partial charge in [-0.3, -0.25) is 4.79 Å². The molecule has 60 valence electrons. The Morgan fingerprint density at radius 3 is 2.64 bits per heavy atom. The minimum atomic E-state index is -0.619. The second-order valence-corrected chi connectivity index (χ2v) is 3.57. The van der Waals surface area contributed by atoms with Crippen molar-refractivity contribution < 1.29 is 6.17 Å². The Balaban J connectivity index is 2.89. The van der Waals surface area contributed by atoms with Gasteiger partial charge in [0, 0.05) is 1.37 Å².